The number of carbonyl (C=O) groups is 1. The molecule has 3 fully saturated rings. The lowest BCUT2D eigenvalue weighted by Gasteiger charge is -2.46. The second-order valence-corrected chi connectivity index (χ2v) is 9.04. The molecule has 2 saturated heterocycles. The van der Waals surface area contributed by atoms with E-state index in [1.807, 2.05) is 16.6 Å². The Labute approximate surface area is 170 Å². The van der Waals surface area contributed by atoms with Gasteiger partial charge in [0.1, 0.15) is 5.82 Å². The van der Waals surface area contributed by atoms with Crippen LogP contribution < -0.4 is 4.90 Å². The number of amides is 1. The molecule has 1 amide bonds. The van der Waals surface area contributed by atoms with Crippen LogP contribution in [-0.4, -0.2) is 92.0 Å². The lowest BCUT2D eigenvalue weighted by molar-refractivity contribution is -0.129. The zero-order chi connectivity index (χ0) is 20.2. The average molecular weight is 399 g/mol. The topological polar surface area (TPSA) is 90.1 Å². The van der Waals surface area contributed by atoms with Gasteiger partial charge in [-0.1, -0.05) is 6.42 Å². The van der Waals surface area contributed by atoms with Crippen molar-refractivity contribution in [1.29, 1.82) is 0 Å². The Kier molecular flexibility index (Phi) is 4.47. The highest BCUT2D eigenvalue weighted by atomic mass is 16.3. The Bertz CT molecular complexity index is 921. The standard InChI is InChI=1S/C20H29N7O2/c1-14(28)25-9-8-20(29,13-25)12-24(2)16-10-26(11-16)18-7-6-17-21-22-19(27(17)23-18)15-4-3-5-15/h6-7,15-16,29H,3-5,8-13H2,1-2H3. The molecule has 1 N–H and O–H groups in total. The number of anilines is 1. The summed E-state index contributed by atoms with van der Waals surface area (Å²) in [5, 5.41) is 24.3. The van der Waals surface area contributed by atoms with Crippen LogP contribution in [0.4, 0.5) is 5.82 Å². The number of likely N-dealkylation sites (tertiary alicyclic amines) is 1. The monoisotopic (exact) mass is 399 g/mol. The summed E-state index contributed by atoms with van der Waals surface area (Å²) in [7, 11) is 2.06. The second-order valence-electron chi connectivity index (χ2n) is 9.04. The highest BCUT2D eigenvalue weighted by molar-refractivity contribution is 5.73. The van der Waals surface area contributed by atoms with Crippen LogP contribution in [0.2, 0.25) is 0 Å². The van der Waals surface area contributed by atoms with Crippen molar-refractivity contribution < 1.29 is 9.90 Å². The summed E-state index contributed by atoms with van der Waals surface area (Å²) in [4.78, 5) is 17.8. The highest BCUT2D eigenvalue weighted by Crippen LogP contribution is 2.35. The zero-order valence-electron chi connectivity index (χ0n) is 17.2. The molecule has 0 radical (unpaired) electrons. The van der Waals surface area contributed by atoms with E-state index in [0.29, 0.717) is 38.0 Å². The fourth-order valence-electron chi connectivity index (χ4n) is 4.65. The summed E-state index contributed by atoms with van der Waals surface area (Å²) in [6.45, 7) is 4.97. The molecule has 1 atom stereocenters. The molecule has 29 heavy (non-hydrogen) atoms. The van der Waals surface area contributed by atoms with Gasteiger partial charge >= 0.3 is 0 Å². The molecular weight excluding hydrogens is 370 g/mol. The second kappa shape index (κ2) is 6.91. The third kappa shape index (κ3) is 3.36. The minimum absolute atomic E-state index is 0.0372. The quantitative estimate of drug-likeness (QED) is 0.783. The fourth-order valence-corrected chi connectivity index (χ4v) is 4.65. The number of aliphatic hydroxyl groups is 1. The molecular formula is C20H29N7O2. The first-order chi connectivity index (χ1) is 13.9. The molecule has 9 nitrogen and oxygen atoms in total. The van der Waals surface area contributed by atoms with Crippen molar-refractivity contribution in [1.82, 2.24) is 29.6 Å². The van der Waals surface area contributed by atoms with E-state index in [1.165, 1.54) is 19.3 Å². The average Bonchev–Trinajstić information content (AvgIpc) is 3.16. The Morgan fingerprint density at radius 2 is 2.10 bits per heavy atom. The molecule has 2 aliphatic heterocycles. The molecule has 0 spiro atoms. The number of hydrogen-bond donors (Lipinski definition) is 1. The van der Waals surface area contributed by atoms with Crippen LogP contribution in [0, 0.1) is 0 Å². The first-order valence-electron chi connectivity index (χ1n) is 10.6. The van der Waals surface area contributed by atoms with Gasteiger partial charge in [0.15, 0.2) is 11.5 Å². The molecule has 156 valence electrons. The fraction of sp³-hybridized carbons (Fsp3) is 0.700. The summed E-state index contributed by atoms with van der Waals surface area (Å²) < 4.78 is 1.91. The van der Waals surface area contributed by atoms with Gasteiger partial charge in [0.05, 0.1) is 12.1 Å². The number of rotatable bonds is 5. The number of nitrogens with zero attached hydrogens (tertiary/aromatic N) is 7. The van der Waals surface area contributed by atoms with Crippen LogP contribution in [0.5, 0.6) is 0 Å². The lowest BCUT2D eigenvalue weighted by atomic mass is 9.85. The van der Waals surface area contributed by atoms with E-state index < -0.39 is 5.60 Å². The molecule has 3 aliphatic rings. The van der Waals surface area contributed by atoms with Gasteiger partial charge in [-0.25, -0.2) is 0 Å². The van der Waals surface area contributed by atoms with Gasteiger partial charge in [0.25, 0.3) is 0 Å². The first kappa shape index (κ1) is 18.7. The number of hydrogen-bond acceptors (Lipinski definition) is 7. The van der Waals surface area contributed by atoms with Gasteiger partial charge in [-0.05, 0) is 38.4 Å². The summed E-state index contributed by atoms with van der Waals surface area (Å²) >= 11 is 0. The maximum absolute atomic E-state index is 11.6. The van der Waals surface area contributed by atoms with Crippen LogP contribution in [0.15, 0.2) is 12.1 Å². The van der Waals surface area contributed by atoms with E-state index in [-0.39, 0.29) is 5.91 Å². The predicted octanol–water partition coefficient (Wildman–Crippen LogP) is 0.496. The first-order valence-corrected chi connectivity index (χ1v) is 10.6. The van der Waals surface area contributed by atoms with Crippen molar-refractivity contribution in [3.63, 3.8) is 0 Å². The highest BCUT2D eigenvalue weighted by Gasteiger charge is 2.41. The predicted molar refractivity (Wildman–Crippen MR) is 108 cm³/mol. The molecule has 0 aromatic carbocycles. The van der Waals surface area contributed by atoms with Gasteiger partial charge in [-0.3, -0.25) is 9.69 Å². The molecule has 1 aliphatic carbocycles. The smallest absolute Gasteiger partial charge is 0.219 e. The molecule has 5 rings (SSSR count). The van der Waals surface area contributed by atoms with Gasteiger partial charge in [-0.15, -0.1) is 15.3 Å². The molecule has 1 saturated carbocycles. The summed E-state index contributed by atoms with van der Waals surface area (Å²) in [6, 6.07) is 4.38. The van der Waals surface area contributed by atoms with E-state index in [2.05, 4.69) is 27.0 Å². The van der Waals surface area contributed by atoms with Crippen LogP contribution >= 0.6 is 0 Å². The van der Waals surface area contributed by atoms with Crippen molar-refractivity contribution in [2.75, 3.05) is 44.7 Å². The Balaban J connectivity index is 1.21. The van der Waals surface area contributed by atoms with Gasteiger partial charge in [-0.2, -0.15) is 4.52 Å². The van der Waals surface area contributed by atoms with Gasteiger partial charge < -0.3 is 14.9 Å². The van der Waals surface area contributed by atoms with Crippen LogP contribution in [0.3, 0.4) is 0 Å². The van der Waals surface area contributed by atoms with E-state index in [9.17, 15) is 9.90 Å². The number of likely N-dealkylation sites (N-methyl/N-ethyl adjacent to an activating group) is 1. The third-order valence-corrected chi connectivity index (χ3v) is 6.87. The van der Waals surface area contributed by atoms with Crippen molar-refractivity contribution in [2.45, 2.75) is 50.2 Å². The Hall–Kier alpha value is -2.26. The normalized spacial score (nSPS) is 25.7. The van der Waals surface area contributed by atoms with Crippen LogP contribution in [0.25, 0.3) is 5.65 Å². The maximum Gasteiger partial charge on any atom is 0.219 e. The van der Waals surface area contributed by atoms with E-state index in [4.69, 9.17) is 5.10 Å². The maximum atomic E-state index is 11.6. The molecule has 1 unspecified atom stereocenters. The van der Waals surface area contributed by atoms with Crippen LogP contribution in [-0.2, 0) is 4.79 Å². The van der Waals surface area contributed by atoms with Gasteiger partial charge in [0, 0.05) is 45.1 Å². The van der Waals surface area contributed by atoms with E-state index in [0.717, 1.165) is 30.4 Å². The molecule has 2 aromatic rings. The lowest BCUT2D eigenvalue weighted by Crippen LogP contribution is -2.61. The summed E-state index contributed by atoms with van der Waals surface area (Å²) in [5.74, 6) is 2.46. The van der Waals surface area contributed by atoms with Crippen molar-refractivity contribution in [3.05, 3.63) is 18.0 Å². The van der Waals surface area contributed by atoms with Crippen molar-refractivity contribution >= 4 is 17.4 Å². The molecule has 2 aromatic heterocycles. The molecule has 4 heterocycles. The number of aromatic nitrogens is 4. The molecule has 0 bridgehead atoms. The van der Waals surface area contributed by atoms with Crippen molar-refractivity contribution in [2.24, 2.45) is 0 Å². The number of fused-ring (bicyclic) bond motifs is 1. The molecule has 9 heteroatoms. The van der Waals surface area contributed by atoms with Gasteiger partial charge in [0.2, 0.25) is 5.91 Å². The van der Waals surface area contributed by atoms with E-state index >= 15 is 0 Å². The minimum atomic E-state index is -0.807. The Morgan fingerprint density at radius 3 is 2.76 bits per heavy atom. The van der Waals surface area contributed by atoms with Crippen molar-refractivity contribution in [3.8, 4) is 0 Å². The largest absolute Gasteiger partial charge is 0.387 e. The van der Waals surface area contributed by atoms with E-state index in [1.54, 1.807) is 11.8 Å². The zero-order valence-corrected chi connectivity index (χ0v) is 17.2. The minimum Gasteiger partial charge on any atom is -0.387 e. The summed E-state index contributed by atoms with van der Waals surface area (Å²) in [5.41, 5.74) is 0.00125. The number of carbonyl (C=O) groups excluding carboxylic acids is 1. The Morgan fingerprint density at radius 1 is 1.31 bits per heavy atom. The third-order valence-electron chi connectivity index (χ3n) is 6.87. The SMILES string of the molecule is CC(=O)N1CCC(O)(CN(C)C2CN(c3ccc4nnc(C5CCC5)n4n3)C2)C1. The number of β-amino-alcohol motifs (C(OH)–C–C–N with tert-alkyl or cyclic N) is 1. The van der Waals surface area contributed by atoms with Crippen LogP contribution in [0.1, 0.15) is 44.3 Å². The summed E-state index contributed by atoms with van der Waals surface area (Å²) in [6.07, 6.45) is 4.25.